The lowest BCUT2D eigenvalue weighted by Crippen LogP contribution is -2.19. The van der Waals surface area contributed by atoms with Crippen molar-refractivity contribution < 1.29 is 14.6 Å². The number of rotatable bonds is 6. The molecule has 0 bridgehead atoms. The highest BCUT2D eigenvalue weighted by Gasteiger charge is 2.25. The number of pyridine rings is 1. The maximum Gasteiger partial charge on any atom is 0.338 e. The fraction of sp³-hybridized carbons (Fsp3) is 0.409. The van der Waals surface area contributed by atoms with E-state index in [0.717, 1.165) is 53.4 Å². The summed E-state index contributed by atoms with van der Waals surface area (Å²) in [5, 5.41) is 14.8. The summed E-state index contributed by atoms with van der Waals surface area (Å²) in [7, 11) is 0. The van der Waals surface area contributed by atoms with Gasteiger partial charge in [0, 0.05) is 33.7 Å². The first-order chi connectivity index (χ1) is 14.1. The molecule has 3 aromatic rings. The van der Waals surface area contributed by atoms with Crippen molar-refractivity contribution in [1.29, 1.82) is 0 Å². The van der Waals surface area contributed by atoms with Crippen molar-refractivity contribution in [3.8, 4) is 11.1 Å². The van der Waals surface area contributed by atoms with Crippen LogP contribution in [0.1, 0.15) is 60.8 Å². The smallest absolute Gasteiger partial charge is 0.338 e. The maximum atomic E-state index is 12.3. The number of carboxylic acids is 1. The Morgan fingerprint density at radius 2 is 2.07 bits per heavy atom. The van der Waals surface area contributed by atoms with E-state index in [0.29, 0.717) is 11.3 Å². The summed E-state index contributed by atoms with van der Waals surface area (Å²) in [6.07, 6.45) is 9.97. The van der Waals surface area contributed by atoms with Crippen LogP contribution in [-0.2, 0) is 17.8 Å². The van der Waals surface area contributed by atoms with Crippen LogP contribution in [0, 0.1) is 0 Å². The third-order valence-electron chi connectivity index (χ3n) is 5.53. The molecule has 0 amide bonds. The molecule has 3 aromatic heterocycles. The Hall–Kier alpha value is -2.25. The fourth-order valence-corrected chi connectivity index (χ4v) is 4.45. The third kappa shape index (κ3) is 4.07. The van der Waals surface area contributed by atoms with E-state index < -0.39 is 5.97 Å². The SMILES string of the molecule is CCc1ccc2c(-c3cncc(Br)c3)c(C(=O)O)c(COC3CCCCC3)nn12. The van der Waals surface area contributed by atoms with Crippen molar-refractivity contribution in [2.75, 3.05) is 0 Å². The number of hydrogen-bond donors (Lipinski definition) is 1. The highest BCUT2D eigenvalue weighted by Crippen LogP contribution is 2.33. The quantitative estimate of drug-likeness (QED) is 0.545. The average molecular weight is 458 g/mol. The summed E-state index contributed by atoms with van der Waals surface area (Å²) in [6.45, 7) is 2.26. The molecule has 1 N–H and O–H groups in total. The minimum absolute atomic E-state index is 0.175. The fourth-order valence-electron chi connectivity index (χ4n) is 4.09. The van der Waals surface area contributed by atoms with E-state index >= 15 is 0 Å². The van der Waals surface area contributed by atoms with Gasteiger partial charge in [-0.25, -0.2) is 9.31 Å². The molecule has 4 rings (SSSR count). The number of halogens is 1. The van der Waals surface area contributed by atoms with Crippen LogP contribution in [0.2, 0.25) is 0 Å². The van der Waals surface area contributed by atoms with Crippen molar-refractivity contribution in [1.82, 2.24) is 14.6 Å². The number of aromatic nitrogens is 3. The Labute approximate surface area is 178 Å². The van der Waals surface area contributed by atoms with Crippen LogP contribution in [0.3, 0.4) is 0 Å². The predicted molar refractivity (Wildman–Crippen MR) is 114 cm³/mol. The number of carbonyl (C=O) groups is 1. The molecule has 7 heteroatoms. The lowest BCUT2D eigenvalue weighted by Gasteiger charge is -2.22. The predicted octanol–water partition coefficient (Wildman–Crippen LogP) is 5.27. The second kappa shape index (κ2) is 8.63. The van der Waals surface area contributed by atoms with Gasteiger partial charge in [-0.3, -0.25) is 4.98 Å². The van der Waals surface area contributed by atoms with Crippen molar-refractivity contribution in [2.45, 2.75) is 58.2 Å². The van der Waals surface area contributed by atoms with Crippen LogP contribution in [0.4, 0.5) is 0 Å². The molecule has 152 valence electrons. The van der Waals surface area contributed by atoms with Gasteiger partial charge in [0.2, 0.25) is 0 Å². The minimum Gasteiger partial charge on any atom is -0.478 e. The van der Waals surface area contributed by atoms with Gasteiger partial charge in [-0.05, 0) is 53.4 Å². The number of ether oxygens (including phenoxy) is 1. The van der Waals surface area contributed by atoms with E-state index in [1.165, 1.54) is 6.42 Å². The summed E-state index contributed by atoms with van der Waals surface area (Å²) in [5.74, 6) is -1.00. The van der Waals surface area contributed by atoms with Crippen LogP contribution in [0.15, 0.2) is 35.1 Å². The lowest BCUT2D eigenvalue weighted by molar-refractivity contribution is 0.0141. The second-order valence-corrected chi connectivity index (χ2v) is 8.36. The Morgan fingerprint density at radius 1 is 1.28 bits per heavy atom. The molecular weight excluding hydrogens is 434 g/mol. The molecule has 0 saturated heterocycles. The van der Waals surface area contributed by atoms with Gasteiger partial charge in [0.15, 0.2) is 0 Å². The number of carboxylic acid groups (broad SMARTS) is 1. The van der Waals surface area contributed by atoms with Crippen molar-refractivity contribution in [2.24, 2.45) is 0 Å². The van der Waals surface area contributed by atoms with E-state index in [9.17, 15) is 9.90 Å². The number of nitrogens with zero attached hydrogens (tertiary/aromatic N) is 3. The van der Waals surface area contributed by atoms with Gasteiger partial charge in [0.25, 0.3) is 0 Å². The van der Waals surface area contributed by atoms with Crippen molar-refractivity contribution in [3.63, 3.8) is 0 Å². The molecule has 6 nitrogen and oxygen atoms in total. The molecule has 0 atom stereocenters. The van der Waals surface area contributed by atoms with Gasteiger partial charge in [-0.1, -0.05) is 26.2 Å². The van der Waals surface area contributed by atoms with Gasteiger partial charge < -0.3 is 9.84 Å². The number of aryl methyl sites for hydroxylation is 1. The van der Waals surface area contributed by atoms with E-state index in [1.807, 2.05) is 22.7 Å². The number of aromatic carboxylic acids is 1. The summed E-state index contributed by atoms with van der Waals surface area (Å²) < 4.78 is 8.75. The summed E-state index contributed by atoms with van der Waals surface area (Å²) >= 11 is 3.45. The first-order valence-electron chi connectivity index (χ1n) is 10.1. The van der Waals surface area contributed by atoms with Crippen LogP contribution < -0.4 is 0 Å². The van der Waals surface area contributed by atoms with E-state index in [2.05, 4.69) is 27.8 Å². The summed E-state index contributed by atoms with van der Waals surface area (Å²) in [6, 6.07) is 5.81. The standard InChI is InChI=1S/C22H24BrN3O3/c1-2-16-8-9-19-20(14-10-15(23)12-24-11-14)21(22(27)28)18(25-26(16)19)13-29-17-6-4-3-5-7-17/h8-12,17H,2-7,13H2,1H3,(H,27,28). The Kier molecular flexibility index (Phi) is 5.96. The topological polar surface area (TPSA) is 76.7 Å². The summed E-state index contributed by atoms with van der Waals surface area (Å²) in [5.41, 5.74) is 3.80. The van der Waals surface area contributed by atoms with Crippen LogP contribution >= 0.6 is 15.9 Å². The van der Waals surface area contributed by atoms with E-state index in [4.69, 9.17) is 9.84 Å². The zero-order chi connectivity index (χ0) is 20.4. The Balaban J connectivity index is 1.87. The zero-order valence-electron chi connectivity index (χ0n) is 16.4. The molecule has 1 aliphatic rings. The molecule has 0 radical (unpaired) electrons. The maximum absolute atomic E-state index is 12.3. The Morgan fingerprint density at radius 3 is 2.76 bits per heavy atom. The van der Waals surface area contributed by atoms with Crippen LogP contribution in [-0.4, -0.2) is 31.8 Å². The second-order valence-electron chi connectivity index (χ2n) is 7.44. The molecule has 0 aliphatic heterocycles. The van der Waals surface area contributed by atoms with Gasteiger partial charge in [-0.15, -0.1) is 0 Å². The van der Waals surface area contributed by atoms with Crippen LogP contribution in [0.25, 0.3) is 16.6 Å². The third-order valence-corrected chi connectivity index (χ3v) is 5.96. The number of fused-ring (bicyclic) bond motifs is 1. The van der Waals surface area contributed by atoms with Crippen LogP contribution in [0.5, 0.6) is 0 Å². The molecule has 0 spiro atoms. The first-order valence-corrected chi connectivity index (χ1v) is 10.9. The normalized spacial score (nSPS) is 15.1. The first kappa shape index (κ1) is 20.0. The number of hydrogen-bond acceptors (Lipinski definition) is 4. The molecule has 3 heterocycles. The van der Waals surface area contributed by atoms with Crippen molar-refractivity contribution in [3.05, 3.63) is 52.0 Å². The van der Waals surface area contributed by atoms with Gasteiger partial charge in [0.05, 0.1) is 23.8 Å². The van der Waals surface area contributed by atoms with E-state index in [-0.39, 0.29) is 18.3 Å². The largest absolute Gasteiger partial charge is 0.478 e. The minimum atomic E-state index is -1.00. The average Bonchev–Trinajstić information content (AvgIpc) is 3.14. The van der Waals surface area contributed by atoms with Gasteiger partial charge in [-0.2, -0.15) is 5.10 Å². The molecular formula is C22H24BrN3O3. The van der Waals surface area contributed by atoms with Gasteiger partial charge >= 0.3 is 5.97 Å². The van der Waals surface area contributed by atoms with Gasteiger partial charge in [0.1, 0.15) is 5.69 Å². The molecule has 0 unspecified atom stereocenters. The molecule has 0 aromatic carbocycles. The van der Waals surface area contributed by atoms with Crippen molar-refractivity contribution >= 4 is 27.4 Å². The Bertz CT molecular complexity index is 1040. The molecule has 1 fully saturated rings. The van der Waals surface area contributed by atoms with E-state index in [1.54, 1.807) is 12.4 Å². The summed E-state index contributed by atoms with van der Waals surface area (Å²) in [4.78, 5) is 16.6. The highest BCUT2D eigenvalue weighted by atomic mass is 79.9. The monoisotopic (exact) mass is 457 g/mol. The molecule has 29 heavy (non-hydrogen) atoms. The molecule has 1 aliphatic carbocycles. The highest BCUT2D eigenvalue weighted by molar-refractivity contribution is 9.10. The molecule has 1 saturated carbocycles. The lowest BCUT2D eigenvalue weighted by atomic mass is 9.97. The zero-order valence-corrected chi connectivity index (χ0v) is 18.0.